The number of pyridine rings is 1. The lowest BCUT2D eigenvalue weighted by Gasteiger charge is -2.22. The number of rotatable bonds is 3. The average Bonchev–Trinajstić information content (AvgIpc) is 3.71. The largest absolute Gasteiger partial charge is 0.309 e. The molecule has 47 heavy (non-hydrogen) atoms. The minimum atomic E-state index is -0.0677. The summed E-state index contributed by atoms with van der Waals surface area (Å²) in [6.45, 7) is 4.69. The molecule has 0 bridgehead atoms. The summed E-state index contributed by atoms with van der Waals surface area (Å²) in [4.78, 5) is 4.53. The van der Waals surface area contributed by atoms with Crippen LogP contribution in [0.25, 0.3) is 77.2 Å². The van der Waals surface area contributed by atoms with Crippen LogP contribution in [-0.2, 0) is 5.41 Å². The Morgan fingerprint density at radius 3 is 2.04 bits per heavy atom. The van der Waals surface area contributed by atoms with E-state index in [0.29, 0.717) is 0 Å². The number of benzene rings is 6. The van der Waals surface area contributed by atoms with Crippen LogP contribution in [0.3, 0.4) is 0 Å². The standard InChI is InChI=1S/C44H31N3/c1-44(2)38-14-8-6-12-32(38)33-20-18-31(26-39(33)44)47-42-22-23-45-27-37(42)35-19-16-29(25-43(35)47)28-17-21-41-36(24-28)34-13-7-9-15-40(34)46(41)30-10-4-3-5-11-30/h3-27H,1-2H3. The third-order valence-electron chi connectivity index (χ3n) is 10.4. The maximum Gasteiger partial charge on any atom is 0.0571 e. The van der Waals surface area contributed by atoms with E-state index < -0.39 is 0 Å². The number of fused-ring (bicyclic) bond motifs is 9. The quantitative estimate of drug-likeness (QED) is 0.198. The van der Waals surface area contributed by atoms with Crippen molar-refractivity contribution in [2.24, 2.45) is 0 Å². The summed E-state index contributed by atoms with van der Waals surface area (Å²) in [5, 5.41) is 4.89. The summed E-state index contributed by atoms with van der Waals surface area (Å²) < 4.78 is 4.80. The maximum atomic E-state index is 4.53. The molecule has 9 aromatic rings. The third kappa shape index (κ3) is 3.65. The van der Waals surface area contributed by atoms with Gasteiger partial charge in [-0.05, 0) is 88.0 Å². The zero-order chi connectivity index (χ0) is 31.3. The first kappa shape index (κ1) is 26.3. The first-order chi connectivity index (χ1) is 23.1. The molecule has 0 radical (unpaired) electrons. The Kier molecular flexibility index (Phi) is 5.34. The summed E-state index contributed by atoms with van der Waals surface area (Å²) in [6.07, 6.45) is 3.91. The topological polar surface area (TPSA) is 22.8 Å². The molecule has 222 valence electrons. The zero-order valence-electron chi connectivity index (χ0n) is 26.3. The molecule has 0 spiro atoms. The van der Waals surface area contributed by atoms with E-state index in [1.807, 2.05) is 12.4 Å². The minimum absolute atomic E-state index is 0.0677. The van der Waals surface area contributed by atoms with E-state index in [1.165, 1.54) is 88.4 Å². The van der Waals surface area contributed by atoms with Gasteiger partial charge in [-0.1, -0.05) is 98.8 Å². The van der Waals surface area contributed by atoms with Gasteiger partial charge in [0.1, 0.15) is 0 Å². The number of hydrogen-bond donors (Lipinski definition) is 0. The number of hydrogen-bond acceptors (Lipinski definition) is 1. The van der Waals surface area contributed by atoms with Gasteiger partial charge < -0.3 is 9.13 Å². The van der Waals surface area contributed by atoms with Crippen molar-refractivity contribution < 1.29 is 0 Å². The van der Waals surface area contributed by atoms with Gasteiger partial charge in [0.2, 0.25) is 0 Å². The molecule has 6 aromatic carbocycles. The van der Waals surface area contributed by atoms with Crippen molar-refractivity contribution >= 4 is 43.6 Å². The molecule has 0 fully saturated rings. The van der Waals surface area contributed by atoms with Gasteiger partial charge in [0, 0.05) is 50.7 Å². The summed E-state index contributed by atoms with van der Waals surface area (Å²) in [7, 11) is 0. The molecule has 3 nitrogen and oxygen atoms in total. The number of para-hydroxylation sites is 2. The molecule has 1 aliphatic rings. The van der Waals surface area contributed by atoms with Crippen LogP contribution >= 0.6 is 0 Å². The third-order valence-corrected chi connectivity index (χ3v) is 10.4. The van der Waals surface area contributed by atoms with E-state index in [2.05, 4.69) is 167 Å². The molecule has 3 heterocycles. The second-order valence-corrected chi connectivity index (χ2v) is 13.3. The van der Waals surface area contributed by atoms with E-state index in [9.17, 15) is 0 Å². The van der Waals surface area contributed by atoms with Crippen LogP contribution in [-0.4, -0.2) is 14.1 Å². The Bertz CT molecular complexity index is 2710. The van der Waals surface area contributed by atoms with Crippen molar-refractivity contribution in [3.63, 3.8) is 0 Å². The highest BCUT2D eigenvalue weighted by Gasteiger charge is 2.35. The van der Waals surface area contributed by atoms with E-state index in [0.717, 1.165) is 0 Å². The van der Waals surface area contributed by atoms with Gasteiger partial charge in [0.25, 0.3) is 0 Å². The van der Waals surface area contributed by atoms with Crippen LogP contribution in [0.5, 0.6) is 0 Å². The predicted molar refractivity (Wildman–Crippen MR) is 196 cm³/mol. The zero-order valence-corrected chi connectivity index (χ0v) is 26.3. The Morgan fingerprint density at radius 2 is 1.13 bits per heavy atom. The summed E-state index contributed by atoms with van der Waals surface area (Å²) >= 11 is 0. The van der Waals surface area contributed by atoms with E-state index in [1.54, 1.807) is 0 Å². The monoisotopic (exact) mass is 601 g/mol. The first-order valence-electron chi connectivity index (χ1n) is 16.3. The Morgan fingerprint density at radius 1 is 0.447 bits per heavy atom. The molecular formula is C44H31N3. The average molecular weight is 602 g/mol. The molecule has 0 atom stereocenters. The van der Waals surface area contributed by atoms with Crippen LogP contribution in [0, 0.1) is 0 Å². The fourth-order valence-electron chi connectivity index (χ4n) is 8.16. The van der Waals surface area contributed by atoms with Crippen molar-refractivity contribution in [3.8, 4) is 33.6 Å². The molecule has 3 heteroatoms. The van der Waals surface area contributed by atoms with Gasteiger partial charge in [-0.25, -0.2) is 0 Å². The SMILES string of the molecule is CC1(C)c2ccccc2-c2ccc(-n3c4ccncc4c4ccc(-c5ccc6c(c5)c5ccccc5n6-c5ccccc5)cc43)cc21. The smallest absolute Gasteiger partial charge is 0.0571 e. The molecular weight excluding hydrogens is 571 g/mol. The van der Waals surface area contributed by atoms with Crippen LogP contribution < -0.4 is 0 Å². The van der Waals surface area contributed by atoms with Crippen molar-refractivity contribution in [2.75, 3.05) is 0 Å². The maximum absolute atomic E-state index is 4.53. The Labute approximate surface area is 273 Å². The van der Waals surface area contributed by atoms with E-state index in [4.69, 9.17) is 0 Å². The fraction of sp³-hybridized carbons (Fsp3) is 0.0682. The van der Waals surface area contributed by atoms with Gasteiger partial charge in [-0.3, -0.25) is 4.98 Å². The van der Waals surface area contributed by atoms with Crippen LogP contribution in [0.4, 0.5) is 0 Å². The van der Waals surface area contributed by atoms with Gasteiger partial charge in [-0.15, -0.1) is 0 Å². The van der Waals surface area contributed by atoms with Crippen molar-refractivity contribution in [3.05, 3.63) is 163 Å². The summed E-state index contributed by atoms with van der Waals surface area (Å²) in [5.41, 5.74) is 14.9. The summed E-state index contributed by atoms with van der Waals surface area (Å²) in [5.74, 6) is 0. The van der Waals surface area contributed by atoms with Gasteiger partial charge in [0.05, 0.1) is 22.1 Å². The Balaban J connectivity index is 1.18. The fourth-order valence-corrected chi connectivity index (χ4v) is 8.16. The Hall–Kier alpha value is -5.93. The highest BCUT2D eigenvalue weighted by molar-refractivity contribution is 6.12. The lowest BCUT2D eigenvalue weighted by molar-refractivity contribution is 0.660. The van der Waals surface area contributed by atoms with Gasteiger partial charge in [-0.2, -0.15) is 0 Å². The van der Waals surface area contributed by atoms with Crippen LogP contribution in [0.2, 0.25) is 0 Å². The summed E-state index contributed by atoms with van der Waals surface area (Å²) in [6, 6.07) is 51.2. The van der Waals surface area contributed by atoms with Crippen molar-refractivity contribution in [1.82, 2.24) is 14.1 Å². The first-order valence-corrected chi connectivity index (χ1v) is 16.3. The van der Waals surface area contributed by atoms with Gasteiger partial charge >= 0.3 is 0 Å². The molecule has 0 saturated carbocycles. The molecule has 1 aliphatic carbocycles. The normalized spacial score (nSPS) is 13.5. The van der Waals surface area contributed by atoms with Crippen LogP contribution in [0.15, 0.2) is 152 Å². The van der Waals surface area contributed by atoms with E-state index in [-0.39, 0.29) is 5.41 Å². The second kappa shape index (κ2) is 9.54. The molecule has 0 unspecified atom stereocenters. The lowest BCUT2D eigenvalue weighted by atomic mass is 9.82. The van der Waals surface area contributed by atoms with Gasteiger partial charge in [0.15, 0.2) is 0 Å². The molecule has 0 N–H and O–H groups in total. The molecule has 3 aromatic heterocycles. The highest BCUT2D eigenvalue weighted by Crippen LogP contribution is 2.49. The lowest BCUT2D eigenvalue weighted by Crippen LogP contribution is -2.15. The minimum Gasteiger partial charge on any atom is -0.309 e. The molecule has 10 rings (SSSR count). The number of aromatic nitrogens is 3. The number of nitrogens with zero attached hydrogens (tertiary/aromatic N) is 3. The highest BCUT2D eigenvalue weighted by atomic mass is 15.0. The second-order valence-electron chi connectivity index (χ2n) is 13.3. The van der Waals surface area contributed by atoms with Crippen molar-refractivity contribution in [2.45, 2.75) is 19.3 Å². The molecule has 0 aliphatic heterocycles. The molecule has 0 saturated heterocycles. The molecule has 0 amide bonds. The van der Waals surface area contributed by atoms with E-state index >= 15 is 0 Å². The van der Waals surface area contributed by atoms with Crippen LogP contribution in [0.1, 0.15) is 25.0 Å². The van der Waals surface area contributed by atoms with Crippen molar-refractivity contribution in [1.29, 1.82) is 0 Å². The predicted octanol–water partition coefficient (Wildman–Crippen LogP) is 11.2.